The van der Waals surface area contributed by atoms with E-state index in [1.807, 2.05) is 14.1 Å². The van der Waals surface area contributed by atoms with Gasteiger partial charge in [0.05, 0.1) is 0 Å². The topological polar surface area (TPSA) is 27.6 Å². The van der Waals surface area contributed by atoms with Crippen LogP contribution in [0.5, 0.6) is 0 Å². The van der Waals surface area contributed by atoms with Crippen molar-refractivity contribution in [2.45, 2.75) is 5.50 Å². The summed E-state index contributed by atoms with van der Waals surface area (Å²) in [5, 5.41) is 4.26. The maximum atomic E-state index is 4.04. The van der Waals surface area contributed by atoms with E-state index in [1.165, 1.54) is 0 Å². The van der Waals surface area contributed by atoms with E-state index in [-0.39, 0.29) is 0 Å². The largest absolute Gasteiger partial charge is 0.339 e. The Morgan fingerprint density at radius 2 is 2.30 bits per heavy atom. The minimum atomic E-state index is 0.378. The molecule has 0 saturated carbocycles. The second-order valence-corrected chi connectivity index (χ2v) is 4.44. The van der Waals surface area contributed by atoms with Crippen LogP contribution in [0.4, 0.5) is 0 Å². The number of hydrogen-bond acceptors (Lipinski definition) is 4. The lowest BCUT2D eigenvalue weighted by molar-refractivity contribution is 0.371. The summed E-state index contributed by atoms with van der Waals surface area (Å²) in [7, 11) is 9.37. The van der Waals surface area contributed by atoms with E-state index in [1.54, 1.807) is 28.6 Å². The van der Waals surface area contributed by atoms with Crippen molar-refractivity contribution in [3.8, 4) is 0 Å². The van der Waals surface area contributed by atoms with E-state index in [0.717, 1.165) is 5.17 Å². The molecule has 5 heteroatoms. The molecule has 0 amide bonds. The molecule has 0 bridgehead atoms. The monoisotopic (exact) mass is 177 g/mol. The van der Waals surface area contributed by atoms with Gasteiger partial charge in [-0.3, -0.25) is 9.89 Å². The Bertz CT molecular complexity index is 146. The molecule has 0 aliphatic carbocycles. The van der Waals surface area contributed by atoms with Crippen LogP contribution in [-0.4, -0.2) is 36.7 Å². The molecule has 1 fully saturated rings. The van der Waals surface area contributed by atoms with Gasteiger partial charge < -0.3 is 5.32 Å². The third kappa shape index (κ3) is 1.81. The molecular weight excluding hydrogens is 166 g/mol. The van der Waals surface area contributed by atoms with Crippen LogP contribution in [0.25, 0.3) is 0 Å². The maximum Gasteiger partial charge on any atom is 0.169 e. The highest BCUT2D eigenvalue weighted by molar-refractivity contribution is 8.83. The molecular formula is C5H11N3S2. The van der Waals surface area contributed by atoms with Gasteiger partial charge in [-0.2, -0.15) is 0 Å². The number of rotatable bonds is 1. The normalized spacial score (nSPS) is 29.6. The Balaban J connectivity index is 2.43. The molecule has 58 valence electrons. The van der Waals surface area contributed by atoms with Crippen LogP contribution in [0.3, 0.4) is 0 Å². The van der Waals surface area contributed by atoms with Gasteiger partial charge in [-0.25, -0.2) is 0 Å². The predicted molar refractivity (Wildman–Crippen MR) is 49.2 cm³/mol. The molecule has 1 N–H and O–H groups in total. The lowest BCUT2D eigenvalue weighted by Crippen LogP contribution is -2.36. The smallest absolute Gasteiger partial charge is 0.169 e. The van der Waals surface area contributed by atoms with Crippen LogP contribution < -0.4 is 5.32 Å². The van der Waals surface area contributed by atoms with Gasteiger partial charge in [-0.05, 0) is 35.7 Å². The summed E-state index contributed by atoms with van der Waals surface area (Å²) in [5.74, 6) is 0. The summed E-state index contributed by atoms with van der Waals surface area (Å²) in [5.41, 5.74) is 0.378. The van der Waals surface area contributed by atoms with Gasteiger partial charge >= 0.3 is 0 Å². The van der Waals surface area contributed by atoms with E-state index >= 15 is 0 Å². The van der Waals surface area contributed by atoms with E-state index in [2.05, 4.69) is 15.2 Å². The summed E-state index contributed by atoms with van der Waals surface area (Å²) >= 11 is 0. The van der Waals surface area contributed by atoms with Gasteiger partial charge in [0.25, 0.3) is 0 Å². The van der Waals surface area contributed by atoms with Crippen molar-refractivity contribution in [1.29, 1.82) is 0 Å². The summed E-state index contributed by atoms with van der Waals surface area (Å²) < 4.78 is 0. The first-order valence-corrected chi connectivity index (χ1v) is 5.18. The standard InChI is InChI=1S/C5H11N3S2/c1-6-4-7-5(8(2)3)10-9-4/h5H,1-3H3,(H,6,7). The Hall–Kier alpha value is 0.130. The summed E-state index contributed by atoms with van der Waals surface area (Å²) in [6, 6.07) is 0. The SMILES string of the molecule is CN=C1NC(N(C)C)SS1. The summed E-state index contributed by atoms with van der Waals surface area (Å²) in [6.07, 6.45) is 0. The highest BCUT2D eigenvalue weighted by atomic mass is 33.1. The minimum Gasteiger partial charge on any atom is -0.339 e. The predicted octanol–water partition coefficient (Wildman–Crippen LogP) is 0.802. The fraction of sp³-hybridized carbons (Fsp3) is 0.800. The first-order valence-electron chi connectivity index (χ1n) is 2.97. The molecule has 0 aromatic heterocycles. The second-order valence-electron chi connectivity index (χ2n) is 2.17. The zero-order valence-electron chi connectivity index (χ0n) is 6.29. The van der Waals surface area contributed by atoms with E-state index in [0.29, 0.717) is 5.50 Å². The quantitative estimate of drug-likeness (QED) is 0.600. The van der Waals surface area contributed by atoms with Crippen molar-refractivity contribution in [2.24, 2.45) is 4.99 Å². The van der Waals surface area contributed by atoms with Crippen molar-refractivity contribution >= 4 is 26.8 Å². The first-order chi connectivity index (χ1) is 4.74. The number of aliphatic imine (C=N–C) groups is 1. The van der Waals surface area contributed by atoms with Crippen molar-refractivity contribution in [2.75, 3.05) is 21.1 Å². The Morgan fingerprint density at radius 3 is 2.60 bits per heavy atom. The third-order valence-electron chi connectivity index (χ3n) is 1.14. The summed E-state index contributed by atoms with van der Waals surface area (Å²) in [4.78, 5) is 6.16. The molecule has 0 spiro atoms. The molecule has 0 radical (unpaired) electrons. The molecule has 1 unspecified atom stereocenters. The molecule has 3 nitrogen and oxygen atoms in total. The van der Waals surface area contributed by atoms with Crippen LogP contribution in [-0.2, 0) is 0 Å². The average Bonchev–Trinajstić information content (AvgIpc) is 2.34. The number of amidine groups is 1. The lowest BCUT2D eigenvalue weighted by Gasteiger charge is -2.16. The van der Waals surface area contributed by atoms with Crippen molar-refractivity contribution in [1.82, 2.24) is 10.2 Å². The molecule has 1 aliphatic rings. The fourth-order valence-corrected chi connectivity index (χ4v) is 2.96. The van der Waals surface area contributed by atoms with Gasteiger partial charge in [-0.15, -0.1) is 0 Å². The molecule has 1 heterocycles. The van der Waals surface area contributed by atoms with Gasteiger partial charge in [0.15, 0.2) is 5.17 Å². The minimum absolute atomic E-state index is 0.378. The van der Waals surface area contributed by atoms with Gasteiger partial charge in [0.1, 0.15) is 5.50 Å². The van der Waals surface area contributed by atoms with E-state index in [4.69, 9.17) is 0 Å². The molecule has 1 aliphatic heterocycles. The van der Waals surface area contributed by atoms with Gasteiger partial charge in [0, 0.05) is 7.05 Å². The van der Waals surface area contributed by atoms with Crippen LogP contribution in [0.1, 0.15) is 0 Å². The number of nitrogens with zero attached hydrogens (tertiary/aromatic N) is 2. The Morgan fingerprint density at radius 1 is 1.60 bits per heavy atom. The van der Waals surface area contributed by atoms with Crippen LogP contribution in [0.15, 0.2) is 4.99 Å². The Labute approximate surface area is 69.0 Å². The van der Waals surface area contributed by atoms with Crippen LogP contribution >= 0.6 is 21.6 Å². The number of hydrogen-bond donors (Lipinski definition) is 1. The summed E-state index contributed by atoms with van der Waals surface area (Å²) in [6.45, 7) is 0. The molecule has 1 saturated heterocycles. The van der Waals surface area contributed by atoms with Gasteiger partial charge in [0.2, 0.25) is 0 Å². The molecule has 10 heavy (non-hydrogen) atoms. The van der Waals surface area contributed by atoms with Crippen LogP contribution in [0, 0.1) is 0 Å². The van der Waals surface area contributed by atoms with Crippen molar-refractivity contribution in [3.63, 3.8) is 0 Å². The Kier molecular flexibility index (Phi) is 2.88. The third-order valence-corrected chi connectivity index (χ3v) is 3.72. The lowest BCUT2D eigenvalue weighted by atomic mass is 10.8. The van der Waals surface area contributed by atoms with Gasteiger partial charge in [-0.1, -0.05) is 0 Å². The first kappa shape index (κ1) is 8.23. The zero-order chi connectivity index (χ0) is 7.56. The fourth-order valence-electron chi connectivity index (χ4n) is 0.562. The average molecular weight is 177 g/mol. The van der Waals surface area contributed by atoms with Crippen LogP contribution in [0.2, 0.25) is 0 Å². The van der Waals surface area contributed by atoms with Crippen molar-refractivity contribution in [3.05, 3.63) is 0 Å². The molecule has 0 aromatic rings. The maximum absolute atomic E-state index is 4.04. The van der Waals surface area contributed by atoms with E-state index in [9.17, 15) is 0 Å². The molecule has 0 aromatic carbocycles. The highest BCUT2D eigenvalue weighted by Gasteiger charge is 2.21. The zero-order valence-corrected chi connectivity index (χ0v) is 7.92. The van der Waals surface area contributed by atoms with Crippen molar-refractivity contribution < 1.29 is 0 Å². The molecule has 1 atom stereocenters. The molecule has 1 rings (SSSR count). The number of nitrogens with one attached hydrogen (secondary N) is 1. The highest BCUT2D eigenvalue weighted by Crippen LogP contribution is 2.33. The van der Waals surface area contributed by atoms with E-state index < -0.39 is 0 Å². The second kappa shape index (κ2) is 3.50.